The summed E-state index contributed by atoms with van der Waals surface area (Å²) in [6.45, 7) is 4.66. The Morgan fingerprint density at radius 3 is 0.921 bits per heavy atom. The summed E-state index contributed by atoms with van der Waals surface area (Å²) >= 11 is 0. The van der Waals surface area contributed by atoms with Gasteiger partial charge in [0.25, 0.3) is 0 Å². The van der Waals surface area contributed by atoms with Crippen LogP contribution in [0, 0.1) is 11.8 Å². The molecule has 0 aromatic heterocycles. The van der Waals surface area contributed by atoms with Crippen molar-refractivity contribution in [3.63, 3.8) is 0 Å². The Morgan fingerprint density at radius 2 is 0.632 bits per heavy atom. The van der Waals surface area contributed by atoms with Crippen LogP contribution in [0.3, 0.4) is 0 Å². The third-order valence-corrected chi connectivity index (χ3v) is 8.69. The standard InChI is InChI=1S/C36H72N2/c1-3-5-7-9-17-23-29-35(31-25-19-13-11-15-21-27-33-37)36(30-24-18-10-8-6-4-2)32-26-20-14-12-16-22-28-34-38/h27-28,33-36H,3-26,29-32,37-38H2,1-2H3/b33-27+,34-28+. The number of hydrogen-bond donors (Lipinski definition) is 2. The fourth-order valence-electron chi connectivity index (χ4n) is 6.20. The van der Waals surface area contributed by atoms with Gasteiger partial charge in [-0.3, -0.25) is 0 Å². The van der Waals surface area contributed by atoms with Crippen molar-refractivity contribution in [1.82, 2.24) is 0 Å². The van der Waals surface area contributed by atoms with Crippen molar-refractivity contribution in [1.29, 1.82) is 0 Å². The molecule has 0 aromatic rings. The third kappa shape index (κ3) is 26.7. The average Bonchev–Trinajstić information content (AvgIpc) is 2.93. The molecule has 0 aliphatic carbocycles. The number of rotatable bonds is 31. The minimum atomic E-state index is 0.978. The lowest BCUT2D eigenvalue weighted by molar-refractivity contribution is 0.236. The van der Waals surface area contributed by atoms with Gasteiger partial charge in [-0.15, -0.1) is 0 Å². The summed E-state index contributed by atoms with van der Waals surface area (Å²) in [5.74, 6) is 1.96. The smallest absolute Gasteiger partial charge is 0.0103 e. The maximum Gasteiger partial charge on any atom is -0.0103 e. The van der Waals surface area contributed by atoms with Gasteiger partial charge >= 0.3 is 0 Å². The molecule has 0 amide bonds. The molecule has 0 rings (SSSR count). The second kappa shape index (κ2) is 32.3. The predicted octanol–water partition coefficient (Wildman–Crippen LogP) is 12.1. The summed E-state index contributed by atoms with van der Waals surface area (Å²) in [6, 6.07) is 0. The molecule has 226 valence electrons. The minimum Gasteiger partial charge on any atom is -0.405 e. The van der Waals surface area contributed by atoms with E-state index in [1.807, 2.05) is 0 Å². The Hall–Kier alpha value is -0.920. The van der Waals surface area contributed by atoms with Crippen LogP contribution in [-0.4, -0.2) is 0 Å². The lowest BCUT2D eigenvalue weighted by Gasteiger charge is -2.28. The fourth-order valence-corrected chi connectivity index (χ4v) is 6.20. The van der Waals surface area contributed by atoms with E-state index < -0.39 is 0 Å². The van der Waals surface area contributed by atoms with Crippen molar-refractivity contribution in [2.24, 2.45) is 23.3 Å². The Bertz CT molecular complexity index is 440. The largest absolute Gasteiger partial charge is 0.405 e. The normalized spacial score (nSPS) is 13.6. The first kappa shape index (κ1) is 37.1. The van der Waals surface area contributed by atoms with Crippen LogP contribution >= 0.6 is 0 Å². The molecule has 0 bridgehead atoms. The highest BCUT2D eigenvalue weighted by atomic mass is 14.5. The molecule has 2 heteroatoms. The fraction of sp³-hybridized carbons (Fsp3) is 0.889. The number of hydrogen-bond acceptors (Lipinski definition) is 2. The zero-order valence-electron chi connectivity index (χ0n) is 26.4. The molecule has 0 aliphatic rings. The van der Waals surface area contributed by atoms with Crippen molar-refractivity contribution in [2.45, 2.75) is 194 Å². The molecule has 0 radical (unpaired) electrons. The summed E-state index contributed by atoms with van der Waals surface area (Å²) in [5.41, 5.74) is 11.0. The highest BCUT2D eigenvalue weighted by Crippen LogP contribution is 2.33. The van der Waals surface area contributed by atoms with E-state index in [-0.39, 0.29) is 0 Å². The van der Waals surface area contributed by atoms with Gasteiger partial charge in [-0.05, 0) is 49.9 Å². The monoisotopic (exact) mass is 533 g/mol. The number of allylic oxidation sites excluding steroid dienone is 2. The zero-order valence-corrected chi connectivity index (χ0v) is 26.4. The van der Waals surface area contributed by atoms with Gasteiger partial charge in [-0.2, -0.15) is 0 Å². The predicted molar refractivity (Wildman–Crippen MR) is 174 cm³/mol. The summed E-state index contributed by atoms with van der Waals surface area (Å²) in [7, 11) is 0. The van der Waals surface area contributed by atoms with Crippen molar-refractivity contribution in [3.05, 3.63) is 24.6 Å². The first-order valence-electron chi connectivity index (χ1n) is 17.5. The van der Waals surface area contributed by atoms with E-state index >= 15 is 0 Å². The van der Waals surface area contributed by atoms with E-state index in [0.29, 0.717) is 0 Å². The van der Waals surface area contributed by atoms with E-state index in [4.69, 9.17) is 11.5 Å². The molecule has 4 N–H and O–H groups in total. The molecule has 0 heterocycles. The van der Waals surface area contributed by atoms with Crippen LogP contribution in [0.1, 0.15) is 194 Å². The molecule has 2 unspecified atom stereocenters. The molecule has 2 nitrogen and oxygen atoms in total. The van der Waals surface area contributed by atoms with Crippen molar-refractivity contribution in [2.75, 3.05) is 0 Å². The minimum absolute atomic E-state index is 0.978. The second-order valence-corrected chi connectivity index (χ2v) is 12.2. The molecule has 0 aromatic carbocycles. The van der Waals surface area contributed by atoms with Crippen molar-refractivity contribution in [3.8, 4) is 0 Å². The lowest BCUT2D eigenvalue weighted by Crippen LogP contribution is -2.16. The van der Waals surface area contributed by atoms with Crippen LogP contribution in [-0.2, 0) is 0 Å². The van der Waals surface area contributed by atoms with E-state index in [2.05, 4.69) is 26.0 Å². The summed E-state index contributed by atoms with van der Waals surface area (Å²) in [4.78, 5) is 0. The molecule has 0 aliphatic heterocycles. The summed E-state index contributed by atoms with van der Waals surface area (Å²) < 4.78 is 0. The summed E-state index contributed by atoms with van der Waals surface area (Å²) in [6.07, 6.45) is 47.1. The van der Waals surface area contributed by atoms with Crippen LogP contribution in [0.2, 0.25) is 0 Å². The van der Waals surface area contributed by atoms with E-state index in [9.17, 15) is 0 Å². The first-order valence-corrected chi connectivity index (χ1v) is 17.5. The highest BCUT2D eigenvalue weighted by Gasteiger charge is 2.20. The summed E-state index contributed by atoms with van der Waals surface area (Å²) in [5, 5.41) is 0. The topological polar surface area (TPSA) is 52.0 Å². The van der Waals surface area contributed by atoms with Crippen LogP contribution in [0.4, 0.5) is 0 Å². The number of nitrogens with two attached hydrogens (primary N) is 2. The number of unbranched alkanes of at least 4 members (excludes halogenated alkanes) is 20. The Balaban J connectivity index is 4.72. The maximum absolute atomic E-state index is 5.48. The first-order chi connectivity index (χ1) is 18.8. The van der Waals surface area contributed by atoms with Gasteiger partial charge in [-0.1, -0.05) is 180 Å². The van der Waals surface area contributed by atoms with Gasteiger partial charge in [0, 0.05) is 0 Å². The van der Waals surface area contributed by atoms with Crippen molar-refractivity contribution < 1.29 is 0 Å². The Labute approximate surface area is 241 Å². The molecule has 0 saturated carbocycles. The SMILES string of the molecule is CCCCCCCCC(CCCCCCC/C=C/N)C(CCCCCCCC)CCCCCCC/C=C/N. The molecular formula is C36H72N2. The second-order valence-electron chi connectivity index (χ2n) is 12.2. The molecule has 38 heavy (non-hydrogen) atoms. The maximum atomic E-state index is 5.48. The van der Waals surface area contributed by atoms with E-state index in [0.717, 1.165) is 24.7 Å². The van der Waals surface area contributed by atoms with Gasteiger partial charge < -0.3 is 11.5 Å². The van der Waals surface area contributed by atoms with Crippen molar-refractivity contribution >= 4 is 0 Å². The third-order valence-electron chi connectivity index (χ3n) is 8.69. The van der Waals surface area contributed by atoms with Crippen LogP contribution in [0.15, 0.2) is 24.6 Å². The Morgan fingerprint density at radius 1 is 0.368 bits per heavy atom. The van der Waals surface area contributed by atoms with Crippen LogP contribution in [0.5, 0.6) is 0 Å². The van der Waals surface area contributed by atoms with Gasteiger partial charge in [0.05, 0.1) is 0 Å². The van der Waals surface area contributed by atoms with Gasteiger partial charge in [0.15, 0.2) is 0 Å². The molecular weight excluding hydrogens is 460 g/mol. The average molecular weight is 533 g/mol. The van der Waals surface area contributed by atoms with E-state index in [1.165, 1.54) is 167 Å². The van der Waals surface area contributed by atoms with Gasteiger partial charge in [0.2, 0.25) is 0 Å². The molecule has 2 atom stereocenters. The van der Waals surface area contributed by atoms with Crippen LogP contribution in [0.25, 0.3) is 0 Å². The lowest BCUT2D eigenvalue weighted by atomic mass is 9.78. The zero-order chi connectivity index (χ0) is 27.8. The molecule has 0 fully saturated rings. The van der Waals surface area contributed by atoms with Gasteiger partial charge in [0.1, 0.15) is 0 Å². The quantitative estimate of drug-likeness (QED) is 0.0872. The van der Waals surface area contributed by atoms with Gasteiger partial charge in [-0.25, -0.2) is 0 Å². The Kier molecular flexibility index (Phi) is 31.5. The van der Waals surface area contributed by atoms with Crippen LogP contribution < -0.4 is 11.5 Å². The molecule has 0 spiro atoms. The van der Waals surface area contributed by atoms with E-state index in [1.54, 1.807) is 12.4 Å². The molecule has 0 saturated heterocycles. The highest BCUT2D eigenvalue weighted by molar-refractivity contribution is 4.76.